The summed E-state index contributed by atoms with van der Waals surface area (Å²) < 4.78 is 0. The highest BCUT2D eigenvalue weighted by atomic mass is 15.3. The van der Waals surface area contributed by atoms with E-state index in [1.54, 1.807) is 0 Å². The molecule has 0 aromatic carbocycles. The molecule has 2 rings (SSSR count). The Morgan fingerprint density at radius 2 is 1.94 bits per heavy atom. The number of unbranched alkanes of at least 4 members (excludes halogenated alkanes) is 1. The number of hydrogen-bond donors (Lipinski definition) is 2. The van der Waals surface area contributed by atoms with E-state index in [0.717, 1.165) is 18.9 Å². The van der Waals surface area contributed by atoms with E-state index < -0.39 is 0 Å². The van der Waals surface area contributed by atoms with Gasteiger partial charge >= 0.3 is 0 Å². The van der Waals surface area contributed by atoms with E-state index >= 15 is 0 Å². The monoisotopic (exact) mass is 238 g/mol. The largest absolute Gasteiger partial charge is 0.388 e. The summed E-state index contributed by atoms with van der Waals surface area (Å²) in [6, 6.07) is 0.824. The summed E-state index contributed by atoms with van der Waals surface area (Å²) in [5.41, 5.74) is 5.35. The molecule has 3 N–H and O–H groups in total. The third-order valence-corrected chi connectivity index (χ3v) is 4.08. The lowest BCUT2D eigenvalue weighted by Gasteiger charge is -2.23. The normalized spacial score (nSPS) is 26.7. The number of nitrogens with one attached hydrogen (secondary N) is 1. The number of nitrogens with two attached hydrogens (primary N) is 1. The van der Waals surface area contributed by atoms with E-state index in [4.69, 9.17) is 11.1 Å². The molecule has 2 heterocycles. The van der Waals surface area contributed by atoms with Crippen LogP contribution in [0.5, 0.6) is 0 Å². The lowest BCUT2D eigenvalue weighted by Crippen LogP contribution is -2.35. The summed E-state index contributed by atoms with van der Waals surface area (Å²) in [6.07, 6.45) is 7.17. The van der Waals surface area contributed by atoms with E-state index in [1.165, 1.54) is 58.4 Å². The summed E-state index contributed by atoms with van der Waals surface area (Å²) in [5.74, 6) is 0.335. The molecule has 0 aromatic rings. The number of hydrogen-bond acceptors (Lipinski definition) is 3. The molecule has 98 valence electrons. The van der Waals surface area contributed by atoms with Crippen LogP contribution in [0.4, 0.5) is 0 Å². The summed E-state index contributed by atoms with van der Waals surface area (Å²) in [7, 11) is 0. The van der Waals surface area contributed by atoms with Crippen molar-refractivity contribution in [2.45, 2.75) is 44.6 Å². The van der Waals surface area contributed by atoms with Crippen molar-refractivity contribution in [3.63, 3.8) is 0 Å². The lowest BCUT2D eigenvalue weighted by molar-refractivity contribution is 0.231. The van der Waals surface area contributed by atoms with Gasteiger partial charge in [0.05, 0.1) is 5.84 Å². The Balaban J connectivity index is 1.59. The molecule has 4 heteroatoms. The van der Waals surface area contributed by atoms with Crippen molar-refractivity contribution in [1.29, 1.82) is 5.41 Å². The second-order valence-corrected chi connectivity index (χ2v) is 5.47. The molecule has 1 unspecified atom stereocenters. The molecule has 0 aliphatic carbocycles. The van der Waals surface area contributed by atoms with Crippen LogP contribution in [0.3, 0.4) is 0 Å². The van der Waals surface area contributed by atoms with Crippen LogP contribution < -0.4 is 5.73 Å². The molecule has 0 bridgehead atoms. The van der Waals surface area contributed by atoms with Crippen molar-refractivity contribution in [2.75, 3.05) is 32.7 Å². The van der Waals surface area contributed by atoms with Gasteiger partial charge in [0.2, 0.25) is 0 Å². The lowest BCUT2D eigenvalue weighted by atomic mass is 10.2. The van der Waals surface area contributed by atoms with Gasteiger partial charge in [-0.15, -0.1) is 0 Å². The van der Waals surface area contributed by atoms with Gasteiger partial charge in [-0.3, -0.25) is 10.3 Å². The predicted molar refractivity (Wildman–Crippen MR) is 71.4 cm³/mol. The first-order valence-corrected chi connectivity index (χ1v) is 7.05. The molecule has 17 heavy (non-hydrogen) atoms. The third-order valence-electron chi connectivity index (χ3n) is 4.08. The van der Waals surface area contributed by atoms with Gasteiger partial charge in [0, 0.05) is 19.0 Å². The molecule has 0 amide bonds. The average molecular weight is 238 g/mol. The van der Waals surface area contributed by atoms with Gasteiger partial charge < -0.3 is 10.6 Å². The summed E-state index contributed by atoms with van der Waals surface area (Å²) in [5, 5.41) is 7.18. The highest BCUT2D eigenvalue weighted by Crippen LogP contribution is 2.20. The van der Waals surface area contributed by atoms with Crippen LogP contribution in [0.1, 0.15) is 38.5 Å². The maximum atomic E-state index is 7.18. The van der Waals surface area contributed by atoms with Crippen LogP contribution in [0.25, 0.3) is 0 Å². The molecule has 0 spiro atoms. The zero-order chi connectivity index (χ0) is 12.1. The van der Waals surface area contributed by atoms with E-state index in [2.05, 4.69) is 9.80 Å². The van der Waals surface area contributed by atoms with Gasteiger partial charge in [-0.25, -0.2) is 0 Å². The number of rotatable bonds is 6. The first-order valence-electron chi connectivity index (χ1n) is 7.05. The van der Waals surface area contributed by atoms with E-state index in [1.807, 2.05) is 0 Å². The molecule has 0 saturated carbocycles. The van der Waals surface area contributed by atoms with Crippen LogP contribution >= 0.6 is 0 Å². The van der Waals surface area contributed by atoms with Crippen LogP contribution in [0.15, 0.2) is 0 Å². The number of amidine groups is 1. The summed E-state index contributed by atoms with van der Waals surface area (Å²) >= 11 is 0. The molecule has 2 aliphatic heterocycles. The topological polar surface area (TPSA) is 56.4 Å². The molecule has 2 aliphatic rings. The van der Waals surface area contributed by atoms with Crippen molar-refractivity contribution in [2.24, 2.45) is 5.73 Å². The van der Waals surface area contributed by atoms with E-state index in [9.17, 15) is 0 Å². The Kier molecular flexibility index (Phi) is 4.80. The second-order valence-electron chi connectivity index (χ2n) is 5.47. The zero-order valence-corrected chi connectivity index (χ0v) is 10.8. The Morgan fingerprint density at radius 3 is 2.65 bits per heavy atom. The highest BCUT2D eigenvalue weighted by molar-refractivity contribution is 5.76. The standard InChI is InChI=1S/C13H26N4/c14-13(15)5-1-2-7-16-10-6-12(11-16)17-8-3-4-9-17/h12H,1-11H2,(H3,14,15). The number of nitrogens with zero attached hydrogens (tertiary/aromatic N) is 2. The van der Waals surface area contributed by atoms with Gasteiger partial charge in [0.15, 0.2) is 0 Å². The van der Waals surface area contributed by atoms with Crippen LogP contribution in [0, 0.1) is 5.41 Å². The predicted octanol–water partition coefficient (Wildman–Crippen LogP) is 1.26. The van der Waals surface area contributed by atoms with Gasteiger partial charge in [-0.05, 0) is 58.3 Å². The minimum atomic E-state index is 0.335. The summed E-state index contributed by atoms with van der Waals surface area (Å²) in [4.78, 5) is 5.26. The maximum Gasteiger partial charge on any atom is 0.0905 e. The minimum absolute atomic E-state index is 0.335. The third kappa shape index (κ3) is 3.96. The fourth-order valence-corrected chi connectivity index (χ4v) is 3.07. The molecule has 4 nitrogen and oxygen atoms in total. The Hall–Kier alpha value is -0.610. The average Bonchev–Trinajstić information content (AvgIpc) is 2.94. The minimum Gasteiger partial charge on any atom is -0.388 e. The maximum absolute atomic E-state index is 7.18. The highest BCUT2D eigenvalue weighted by Gasteiger charge is 2.28. The zero-order valence-electron chi connectivity index (χ0n) is 10.8. The number of likely N-dealkylation sites (tertiary alicyclic amines) is 2. The SMILES string of the molecule is N=C(N)CCCCN1CCC(N2CCCC2)C1. The van der Waals surface area contributed by atoms with Gasteiger partial charge in [0.25, 0.3) is 0 Å². The van der Waals surface area contributed by atoms with Crippen LogP contribution in [0.2, 0.25) is 0 Å². The Labute approximate surface area is 105 Å². The van der Waals surface area contributed by atoms with E-state index in [0.29, 0.717) is 5.84 Å². The van der Waals surface area contributed by atoms with Crippen molar-refractivity contribution in [3.05, 3.63) is 0 Å². The molecular weight excluding hydrogens is 212 g/mol. The molecule has 0 radical (unpaired) electrons. The Bertz CT molecular complexity index is 248. The molecule has 1 atom stereocenters. The van der Waals surface area contributed by atoms with E-state index in [-0.39, 0.29) is 0 Å². The van der Waals surface area contributed by atoms with Crippen molar-refractivity contribution >= 4 is 5.84 Å². The van der Waals surface area contributed by atoms with Gasteiger partial charge in [-0.1, -0.05) is 0 Å². The van der Waals surface area contributed by atoms with Crippen molar-refractivity contribution < 1.29 is 0 Å². The first kappa shape index (κ1) is 12.8. The Morgan fingerprint density at radius 1 is 1.18 bits per heavy atom. The smallest absolute Gasteiger partial charge is 0.0905 e. The molecule has 2 fully saturated rings. The molecule has 2 saturated heterocycles. The molecular formula is C13H26N4. The molecule has 0 aromatic heterocycles. The van der Waals surface area contributed by atoms with Crippen molar-refractivity contribution in [1.82, 2.24) is 9.80 Å². The fraction of sp³-hybridized carbons (Fsp3) is 0.923. The fourth-order valence-electron chi connectivity index (χ4n) is 3.07. The van der Waals surface area contributed by atoms with Crippen LogP contribution in [-0.4, -0.2) is 54.4 Å². The first-order chi connectivity index (χ1) is 8.25. The van der Waals surface area contributed by atoms with Gasteiger partial charge in [0.1, 0.15) is 0 Å². The second kappa shape index (κ2) is 6.36. The van der Waals surface area contributed by atoms with Crippen molar-refractivity contribution in [3.8, 4) is 0 Å². The quantitative estimate of drug-likeness (QED) is 0.416. The summed E-state index contributed by atoms with van der Waals surface area (Å²) in [6.45, 7) is 6.37. The van der Waals surface area contributed by atoms with Gasteiger partial charge in [-0.2, -0.15) is 0 Å². The van der Waals surface area contributed by atoms with Crippen LogP contribution in [-0.2, 0) is 0 Å².